The van der Waals surface area contributed by atoms with Crippen LogP contribution in [-0.2, 0) is 0 Å². The molecule has 2 fully saturated rings. The molecule has 0 aliphatic carbocycles. The topological polar surface area (TPSA) is 39.1 Å². The summed E-state index contributed by atoms with van der Waals surface area (Å²) in [4.78, 5) is 2.53. The van der Waals surface area contributed by atoms with E-state index in [-0.39, 0.29) is 5.54 Å². The minimum absolute atomic E-state index is 0.189. The molecule has 0 aromatic heterocycles. The molecular weight excluding hydrogens is 234 g/mol. The van der Waals surface area contributed by atoms with E-state index in [1.807, 2.05) is 13.0 Å². The summed E-state index contributed by atoms with van der Waals surface area (Å²) in [7, 11) is 0. The molecule has 2 unspecified atom stereocenters. The molecule has 3 heteroatoms. The van der Waals surface area contributed by atoms with Crippen molar-refractivity contribution >= 4 is 5.69 Å². The lowest BCUT2D eigenvalue weighted by molar-refractivity contribution is 0.357. The Balaban J connectivity index is 1.95. The third kappa shape index (κ3) is 1.82. The summed E-state index contributed by atoms with van der Waals surface area (Å²) in [6, 6.07) is 8.46. The van der Waals surface area contributed by atoms with Crippen molar-refractivity contribution in [1.82, 2.24) is 5.32 Å². The van der Waals surface area contributed by atoms with E-state index < -0.39 is 0 Å². The lowest BCUT2D eigenvalue weighted by Gasteiger charge is -2.37. The van der Waals surface area contributed by atoms with Gasteiger partial charge in [-0.3, -0.25) is 0 Å². The van der Waals surface area contributed by atoms with Crippen molar-refractivity contribution in [3.05, 3.63) is 29.3 Å². The first-order valence-corrected chi connectivity index (χ1v) is 7.03. The normalized spacial score (nSPS) is 28.2. The van der Waals surface area contributed by atoms with Crippen LogP contribution in [0.5, 0.6) is 0 Å². The van der Waals surface area contributed by atoms with Crippen LogP contribution >= 0.6 is 0 Å². The Morgan fingerprint density at radius 2 is 2.16 bits per heavy atom. The van der Waals surface area contributed by atoms with E-state index in [1.165, 1.54) is 5.69 Å². The summed E-state index contributed by atoms with van der Waals surface area (Å²) in [5.74, 6) is 1.48. The highest BCUT2D eigenvalue weighted by atomic mass is 15.3. The molecule has 100 valence electrons. The van der Waals surface area contributed by atoms with E-state index in [0.717, 1.165) is 42.6 Å². The van der Waals surface area contributed by atoms with Crippen LogP contribution in [0.1, 0.15) is 25.0 Å². The van der Waals surface area contributed by atoms with Crippen molar-refractivity contribution in [1.29, 1.82) is 5.26 Å². The van der Waals surface area contributed by atoms with Gasteiger partial charge >= 0.3 is 0 Å². The lowest BCUT2D eigenvalue weighted by Crippen LogP contribution is -2.44. The number of nitriles is 1. The summed E-state index contributed by atoms with van der Waals surface area (Å²) >= 11 is 0. The van der Waals surface area contributed by atoms with Gasteiger partial charge in [0, 0.05) is 30.9 Å². The van der Waals surface area contributed by atoms with Crippen LogP contribution in [0.25, 0.3) is 0 Å². The molecule has 2 saturated heterocycles. The molecule has 1 aromatic carbocycles. The number of nitrogens with zero attached hydrogens (tertiary/aromatic N) is 2. The summed E-state index contributed by atoms with van der Waals surface area (Å²) in [5, 5.41) is 12.5. The van der Waals surface area contributed by atoms with Crippen LogP contribution in [0.2, 0.25) is 0 Å². The fourth-order valence-electron chi connectivity index (χ4n) is 3.80. The second kappa shape index (κ2) is 4.25. The Morgan fingerprint density at radius 1 is 1.37 bits per heavy atom. The van der Waals surface area contributed by atoms with Crippen molar-refractivity contribution in [3.8, 4) is 6.07 Å². The average Bonchev–Trinajstić information content (AvgIpc) is 2.92. The van der Waals surface area contributed by atoms with Gasteiger partial charge in [-0.1, -0.05) is 0 Å². The first-order chi connectivity index (χ1) is 9.04. The van der Waals surface area contributed by atoms with E-state index in [9.17, 15) is 0 Å². The van der Waals surface area contributed by atoms with Crippen molar-refractivity contribution in [2.24, 2.45) is 11.8 Å². The molecule has 2 heterocycles. The average molecular weight is 255 g/mol. The third-order valence-electron chi connectivity index (χ3n) is 5.00. The molecule has 0 spiro atoms. The van der Waals surface area contributed by atoms with Crippen LogP contribution in [0, 0.1) is 30.1 Å². The predicted molar refractivity (Wildman–Crippen MR) is 77.2 cm³/mol. The summed E-state index contributed by atoms with van der Waals surface area (Å²) < 4.78 is 0. The van der Waals surface area contributed by atoms with Crippen molar-refractivity contribution in [3.63, 3.8) is 0 Å². The Hall–Kier alpha value is -1.53. The van der Waals surface area contributed by atoms with Crippen LogP contribution < -0.4 is 10.2 Å². The number of anilines is 1. The highest BCUT2D eigenvalue weighted by Gasteiger charge is 2.49. The first kappa shape index (κ1) is 12.5. The Kier molecular flexibility index (Phi) is 2.79. The predicted octanol–water partition coefficient (Wildman–Crippen LogP) is 2.30. The van der Waals surface area contributed by atoms with E-state index in [2.05, 4.69) is 42.3 Å². The molecule has 2 aliphatic heterocycles. The number of hydrogen-bond donors (Lipinski definition) is 1. The number of benzene rings is 1. The lowest BCUT2D eigenvalue weighted by atomic mass is 9.84. The van der Waals surface area contributed by atoms with Gasteiger partial charge < -0.3 is 10.2 Å². The Labute approximate surface area is 115 Å². The van der Waals surface area contributed by atoms with E-state index in [1.54, 1.807) is 0 Å². The Morgan fingerprint density at radius 3 is 2.79 bits per heavy atom. The second-order valence-electron chi connectivity index (χ2n) is 6.40. The van der Waals surface area contributed by atoms with Crippen LogP contribution in [0.4, 0.5) is 5.69 Å². The maximum Gasteiger partial charge on any atom is 0.0994 e. The largest absolute Gasteiger partial charge is 0.366 e. The summed E-state index contributed by atoms with van der Waals surface area (Å²) in [5.41, 5.74) is 3.30. The van der Waals surface area contributed by atoms with Gasteiger partial charge in [-0.2, -0.15) is 5.26 Å². The molecule has 3 nitrogen and oxygen atoms in total. The minimum atomic E-state index is 0.189. The zero-order valence-electron chi connectivity index (χ0n) is 11.9. The highest BCUT2D eigenvalue weighted by molar-refractivity contribution is 5.56. The van der Waals surface area contributed by atoms with Gasteiger partial charge in [-0.15, -0.1) is 0 Å². The summed E-state index contributed by atoms with van der Waals surface area (Å²) in [6.07, 6.45) is 0. The molecule has 1 N–H and O–H groups in total. The molecule has 2 atom stereocenters. The number of rotatable bonds is 1. The van der Waals surface area contributed by atoms with Gasteiger partial charge in [0.15, 0.2) is 0 Å². The molecule has 0 radical (unpaired) electrons. The van der Waals surface area contributed by atoms with Gasteiger partial charge in [0.2, 0.25) is 0 Å². The quantitative estimate of drug-likeness (QED) is 0.837. The smallest absolute Gasteiger partial charge is 0.0994 e. The zero-order valence-corrected chi connectivity index (χ0v) is 11.9. The van der Waals surface area contributed by atoms with Crippen LogP contribution in [-0.4, -0.2) is 25.2 Å². The molecular formula is C16H21N3. The van der Waals surface area contributed by atoms with Gasteiger partial charge in [0.25, 0.3) is 0 Å². The monoisotopic (exact) mass is 255 g/mol. The maximum absolute atomic E-state index is 9.04. The fourth-order valence-corrected chi connectivity index (χ4v) is 3.80. The Bertz CT molecular complexity index is 541. The molecule has 2 aliphatic rings. The standard InChI is InChI=1S/C16H21N3/c1-11-6-14(5-4-12(11)7-17)19-10-13-8-18-9-15(13)16(19,2)3/h4-6,13,15,18H,8-10H2,1-3H3. The van der Waals surface area contributed by atoms with Gasteiger partial charge in [-0.05, 0) is 56.4 Å². The van der Waals surface area contributed by atoms with Crippen LogP contribution in [0.3, 0.4) is 0 Å². The number of fused-ring (bicyclic) bond motifs is 1. The third-order valence-corrected chi connectivity index (χ3v) is 5.00. The molecule has 0 amide bonds. The first-order valence-electron chi connectivity index (χ1n) is 7.03. The molecule has 0 bridgehead atoms. The van der Waals surface area contributed by atoms with Gasteiger partial charge in [0.1, 0.15) is 0 Å². The molecule has 0 saturated carbocycles. The van der Waals surface area contributed by atoms with E-state index in [0.29, 0.717) is 0 Å². The van der Waals surface area contributed by atoms with E-state index >= 15 is 0 Å². The SMILES string of the molecule is Cc1cc(N2CC3CNCC3C2(C)C)ccc1C#N. The number of nitrogens with one attached hydrogen (secondary N) is 1. The zero-order chi connectivity index (χ0) is 13.6. The van der Waals surface area contributed by atoms with Crippen molar-refractivity contribution in [2.45, 2.75) is 26.3 Å². The van der Waals surface area contributed by atoms with Gasteiger partial charge in [0.05, 0.1) is 11.6 Å². The fraction of sp³-hybridized carbons (Fsp3) is 0.562. The minimum Gasteiger partial charge on any atom is -0.366 e. The second-order valence-corrected chi connectivity index (χ2v) is 6.40. The molecule has 3 rings (SSSR count). The highest BCUT2D eigenvalue weighted by Crippen LogP contribution is 2.43. The molecule has 19 heavy (non-hydrogen) atoms. The number of hydrogen-bond acceptors (Lipinski definition) is 3. The summed E-state index contributed by atoms with van der Waals surface area (Å²) in [6.45, 7) is 10.1. The van der Waals surface area contributed by atoms with Gasteiger partial charge in [-0.25, -0.2) is 0 Å². The van der Waals surface area contributed by atoms with E-state index in [4.69, 9.17) is 5.26 Å². The van der Waals surface area contributed by atoms with Crippen LogP contribution in [0.15, 0.2) is 18.2 Å². The van der Waals surface area contributed by atoms with Crippen molar-refractivity contribution < 1.29 is 0 Å². The van der Waals surface area contributed by atoms with Crippen molar-refractivity contribution in [2.75, 3.05) is 24.5 Å². The number of aryl methyl sites for hydroxylation is 1. The maximum atomic E-state index is 9.04. The molecule has 1 aromatic rings.